The topological polar surface area (TPSA) is 112 Å². The van der Waals surface area contributed by atoms with Crippen molar-refractivity contribution in [3.8, 4) is 5.75 Å². The summed E-state index contributed by atoms with van der Waals surface area (Å²) in [6.07, 6.45) is 0. The van der Waals surface area contributed by atoms with Crippen molar-refractivity contribution in [3.63, 3.8) is 0 Å². The van der Waals surface area contributed by atoms with Crippen molar-refractivity contribution in [2.45, 2.75) is 18.7 Å². The van der Waals surface area contributed by atoms with Gasteiger partial charge in [-0.3, -0.25) is 14.9 Å². The molecule has 1 aromatic heterocycles. The van der Waals surface area contributed by atoms with Crippen molar-refractivity contribution in [3.05, 3.63) is 70.0 Å². The zero-order valence-electron chi connectivity index (χ0n) is 15.9. The molecule has 9 nitrogen and oxygen atoms in total. The second-order valence-corrected chi connectivity index (χ2v) is 7.10. The van der Waals surface area contributed by atoms with Gasteiger partial charge >= 0.3 is 0 Å². The zero-order chi connectivity index (χ0) is 20.8. The Balaban J connectivity index is 1.54. The van der Waals surface area contributed by atoms with Crippen LogP contribution in [0.5, 0.6) is 5.75 Å². The Hall–Kier alpha value is -3.40. The van der Waals surface area contributed by atoms with E-state index in [1.807, 2.05) is 31.2 Å². The highest BCUT2D eigenvalue weighted by molar-refractivity contribution is 7.99. The summed E-state index contributed by atoms with van der Waals surface area (Å²) in [4.78, 5) is 22.5. The minimum Gasteiger partial charge on any atom is -0.485 e. The molecule has 1 amide bonds. The van der Waals surface area contributed by atoms with Gasteiger partial charge in [0.15, 0.2) is 11.0 Å². The highest BCUT2D eigenvalue weighted by Crippen LogP contribution is 2.21. The lowest BCUT2D eigenvalue weighted by Crippen LogP contribution is -2.14. The number of nitrogens with one attached hydrogen (secondary N) is 1. The third kappa shape index (κ3) is 5.32. The molecule has 10 heteroatoms. The quantitative estimate of drug-likeness (QED) is 0.342. The number of rotatable bonds is 8. The Labute approximate surface area is 171 Å². The number of benzene rings is 2. The first-order valence-corrected chi connectivity index (χ1v) is 9.66. The largest absolute Gasteiger partial charge is 0.485 e. The molecule has 0 atom stereocenters. The van der Waals surface area contributed by atoms with E-state index in [0.29, 0.717) is 16.7 Å². The molecule has 0 saturated heterocycles. The number of anilines is 1. The summed E-state index contributed by atoms with van der Waals surface area (Å²) in [5.41, 5.74) is 1.32. The van der Waals surface area contributed by atoms with Crippen molar-refractivity contribution in [2.75, 3.05) is 11.1 Å². The fraction of sp³-hybridized carbons (Fsp3) is 0.211. The molecule has 0 bridgehead atoms. The molecule has 0 spiro atoms. The van der Waals surface area contributed by atoms with Gasteiger partial charge in [0, 0.05) is 24.9 Å². The molecule has 1 N–H and O–H groups in total. The van der Waals surface area contributed by atoms with Gasteiger partial charge in [-0.1, -0.05) is 36.0 Å². The number of thioether (sulfide) groups is 1. The van der Waals surface area contributed by atoms with Crippen molar-refractivity contribution in [2.24, 2.45) is 7.05 Å². The Morgan fingerprint density at radius 1 is 1.24 bits per heavy atom. The predicted octanol–water partition coefficient (Wildman–Crippen LogP) is 3.34. The van der Waals surface area contributed by atoms with E-state index in [0.717, 1.165) is 11.3 Å². The Morgan fingerprint density at radius 3 is 2.79 bits per heavy atom. The van der Waals surface area contributed by atoms with E-state index in [2.05, 4.69) is 15.5 Å². The molecule has 0 saturated carbocycles. The SMILES string of the molecule is Cc1ccccc1OCc1nnc(SCC(=O)Nc2cccc([N+](=O)[O-])c2)n1C. The van der Waals surface area contributed by atoms with Crippen molar-refractivity contribution in [1.29, 1.82) is 0 Å². The maximum Gasteiger partial charge on any atom is 0.271 e. The first-order valence-electron chi connectivity index (χ1n) is 8.68. The second-order valence-electron chi connectivity index (χ2n) is 6.16. The summed E-state index contributed by atoms with van der Waals surface area (Å²) in [5, 5.41) is 22.2. The van der Waals surface area contributed by atoms with Crippen LogP contribution in [0.3, 0.4) is 0 Å². The van der Waals surface area contributed by atoms with Gasteiger partial charge in [-0.2, -0.15) is 0 Å². The number of ether oxygens (including phenoxy) is 1. The number of hydrogen-bond acceptors (Lipinski definition) is 7. The van der Waals surface area contributed by atoms with Gasteiger partial charge in [-0.05, 0) is 24.6 Å². The number of hydrogen-bond donors (Lipinski definition) is 1. The maximum absolute atomic E-state index is 12.1. The van der Waals surface area contributed by atoms with Crippen LogP contribution in [0.4, 0.5) is 11.4 Å². The summed E-state index contributed by atoms with van der Waals surface area (Å²) in [6.45, 7) is 2.22. The third-order valence-corrected chi connectivity index (χ3v) is 5.07. The first-order chi connectivity index (χ1) is 13.9. The maximum atomic E-state index is 12.1. The van der Waals surface area contributed by atoms with E-state index >= 15 is 0 Å². The Morgan fingerprint density at radius 2 is 2.03 bits per heavy atom. The number of nitrogens with zero attached hydrogens (tertiary/aromatic N) is 4. The van der Waals surface area contributed by atoms with Gasteiger partial charge < -0.3 is 14.6 Å². The number of aromatic nitrogens is 3. The molecule has 0 fully saturated rings. The minimum atomic E-state index is -0.509. The minimum absolute atomic E-state index is 0.0814. The molecule has 0 aliphatic rings. The average Bonchev–Trinajstić information content (AvgIpc) is 3.05. The number of nitro groups is 1. The standard InChI is InChI=1S/C19H19N5O4S/c1-13-6-3-4-9-16(13)28-11-17-21-22-19(23(17)2)29-12-18(25)20-14-7-5-8-15(10-14)24(26)27/h3-10H,11-12H2,1-2H3,(H,20,25). The molecule has 0 aliphatic heterocycles. The zero-order valence-corrected chi connectivity index (χ0v) is 16.7. The highest BCUT2D eigenvalue weighted by atomic mass is 32.2. The number of non-ortho nitro benzene ring substituents is 1. The number of nitro benzene ring substituents is 1. The van der Waals surface area contributed by atoms with Crippen molar-refractivity contribution < 1.29 is 14.5 Å². The van der Waals surface area contributed by atoms with Gasteiger partial charge in [0.25, 0.3) is 5.69 Å². The fourth-order valence-electron chi connectivity index (χ4n) is 2.48. The highest BCUT2D eigenvalue weighted by Gasteiger charge is 2.13. The van der Waals surface area contributed by atoms with Crippen molar-refractivity contribution >= 4 is 29.0 Å². The number of carbonyl (C=O) groups excluding carboxylic acids is 1. The average molecular weight is 413 g/mol. The monoisotopic (exact) mass is 413 g/mol. The van der Waals surface area contributed by atoms with E-state index < -0.39 is 4.92 Å². The molecule has 0 unspecified atom stereocenters. The summed E-state index contributed by atoms with van der Waals surface area (Å²) in [5.74, 6) is 1.21. The molecule has 29 heavy (non-hydrogen) atoms. The predicted molar refractivity (Wildman–Crippen MR) is 109 cm³/mol. The second kappa shape index (κ2) is 9.20. The van der Waals surface area contributed by atoms with Crippen LogP contribution in [0.15, 0.2) is 53.7 Å². The van der Waals surface area contributed by atoms with Gasteiger partial charge in [-0.25, -0.2) is 0 Å². The molecule has 3 aromatic rings. The molecule has 0 radical (unpaired) electrons. The van der Waals surface area contributed by atoms with Crippen LogP contribution in [-0.4, -0.2) is 31.3 Å². The van der Waals surface area contributed by atoms with E-state index in [1.54, 1.807) is 17.7 Å². The van der Waals surface area contributed by atoms with Crippen LogP contribution < -0.4 is 10.1 Å². The molecule has 0 aliphatic carbocycles. The lowest BCUT2D eigenvalue weighted by atomic mass is 10.2. The van der Waals surface area contributed by atoms with Crippen LogP contribution in [0.25, 0.3) is 0 Å². The van der Waals surface area contributed by atoms with Gasteiger partial charge in [0.1, 0.15) is 12.4 Å². The lowest BCUT2D eigenvalue weighted by Gasteiger charge is -2.08. The third-order valence-electron chi connectivity index (χ3n) is 4.05. The number of para-hydroxylation sites is 1. The fourth-order valence-corrected chi connectivity index (χ4v) is 3.21. The van der Waals surface area contributed by atoms with E-state index in [4.69, 9.17) is 4.74 Å². The number of aryl methyl sites for hydroxylation is 1. The summed E-state index contributed by atoms with van der Waals surface area (Å²) >= 11 is 1.22. The van der Waals surface area contributed by atoms with Crippen molar-refractivity contribution in [1.82, 2.24) is 14.8 Å². The molecular formula is C19H19N5O4S. The van der Waals surface area contributed by atoms with Gasteiger partial charge in [0.05, 0.1) is 10.7 Å². The molecule has 1 heterocycles. The van der Waals surface area contributed by atoms with Crippen LogP contribution in [0.1, 0.15) is 11.4 Å². The molecule has 2 aromatic carbocycles. The smallest absolute Gasteiger partial charge is 0.271 e. The van der Waals surface area contributed by atoms with Gasteiger partial charge in [-0.15, -0.1) is 10.2 Å². The molecule has 150 valence electrons. The number of carbonyl (C=O) groups is 1. The summed E-state index contributed by atoms with van der Waals surface area (Å²) in [6, 6.07) is 13.5. The normalized spacial score (nSPS) is 10.6. The molecular weight excluding hydrogens is 394 g/mol. The van der Waals surface area contributed by atoms with Crippen LogP contribution in [0.2, 0.25) is 0 Å². The van der Waals surface area contributed by atoms with Gasteiger partial charge in [0.2, 0.25) is 5.91 Å². The van der Waals surface area contributed by atoms with E-state index in [1.165, 1.54) is 30.0 Å². The van der Waals surface area contributed by atoms with Crippen LogP contribution >= 0.6 is 11.8 Å². The Kier molecular flexibility index (Phi) is 6.45. The first kappa shape index (κ1) is 20.3. The van der Waals surface area contributed by atoms with Crippen LogP contribution in [0, 0.1) is 17.0 Å². The summed E-state index contributed by atoms with van der Waals surface area (Å²) < 4.78 is 7.55. The van der Waals surface area contributed by atoms with E-state index in [-0.39, 0.29) is 24.0 Å². The number of amides is 1. The van der Waals surface area contributed by atoms with Crippen LogP contribution in [-0.2, 0) is 18.4 Å². The van der Waals surface area contributed by atoms with E-state index in [9.17, 15) is 14.9 Å². The molecule has 3 rings (SSSR count). The summed E-state index contributed by atoms with van der Waals surface area (Å²) in [7, 11) is 1.80. The Bertz CT molecular complexity index is 1040. The lowest BCUT2D eigenvalue weighted by molar-refractivity contribution is -0.384.